The Bertz CT molecular complexity index is 450. The van der Waals surface area contributed by atoms with Crippen LogP contribution in [-0.4, -0.2) is 25.2 Å². The quantitative estimate of drug-likeness (QED) is 0.894. The zero-order valence-electron chi connectivity index (χ0n) is 12.1. The van der Waals surface area contributed by atoms with Crippen LogP contribution in [0.4, 0.5) is 0 Å². The molecular weight excluding hydrogens is 276 g/mol. The van der Waals surface area contributed by atoms with Crippen LogP contribution in [0, 0.1) is 5.41 Å². The summed E-state index contributed by atoms with van der Waals surface area (Å²) in [4.78, 5) is 12.2. The van der Waals surface area contributed by atoms with Crippen molar-refractivity contribution in [3.8, 4) is 0 Å². The molecule has 1 aliphatic carbocycles. The Hall–Kier alpha value is -1.10. The highest BCUT2D eigenvalue weighted by atomic mass is 35.5. The van der Waals surface area contributed by atoms with Gasteiger partial charge in [0, 0.05) is 18.6 Å². The van der Waals surface area contributed by atoms with E-state index in [4.69, 9.17) is 10.5 Å². The molecular formula is C15H23ClN2O2. The van der Waals surface area contributed by atoms with Gasteiger partial charge in [-0.25, -0.2) is 0 Å². The van der Waals surface area contributed by atoms with Gasteiger partial charge in [-0.15, -0.1) is 12.4 Å². The number of hydrogen-bond donors (Lipinski definition) is 2. The van der Waals surface area contributed by atoms with Crippen molar-refractivity contribution in [3.05, 3.63) is 35.9 Å². The predicted octanol–water partition coefficient (Wildman–Crippen LogP) is 2.04. The van der Waals surface area contributed by atoms with Crippen molar-refractivity contribution in [2.45, 2.75) is 38.5 Å². The lowest BCUT2D eigenvalue weighted by Crippen LogP contribution is -2.62. The molecule has 1 saturated carbocycles. The first-order valence-corrected chi connectivity index (χ1v) is 6.60. The van der Waals surface area contributed by atoms with Gasteiger partial charge in [0.1, 0.15) is 6.04 Å². The monoisotopic (exact) mass is 298 g/mol. The molecule has 0 aromatic heterocycles. The Labute approximate surface area is 126 Å². The fourth-order valence-corrected chi connectivity index (χ4v) is 2.60. The zero-order chi connectivity index (χ0) is 14.0. The molecule has 3 N–H and O–H groups in total. The smallest absolute Gasteiger partial charge is 0.241 e. The van der Waals surface area contributed by atoms with Crippen LogP contribution in [0.2, 0.25) is 0 Å². The number of carbonyl (C=O) groups excluding carboxylic acids is 1. The van der Waals surface area contributed by atoms with Crippen molar-refractivity contribution in [1.82, 2.24) is 5.32 Å². The van der Waals surface area contributed by atoms with E-state index in [1.807, 2.05) is 30.3 Å². The van der Waals surface area contributed by atoms with Crippen LogP contribution in [-0.2, 0) is 9.53 Å². The fraction of sp³-hybridized carbons (Fsp3) is 0.533. The van der Waals surface area contributed by atoms with Crippen LogP contribution in [0.3, 0.4) is 0 Å². The number of methoxy groups -OCH3 is 1. The molecule has 20 heavy (non-hydrogen) atoms. The lowest BCUT2D eigenvalue weighted by Gasteiger charge is -2.51. The van der Waals surface area contributed by atoms with E-state index >= 15 is 0 Å². The van der Waals surface area contributed by atoms with E-state index in [0.29, 0.717) is 0 Å². The molecule has 1 fully saturated rings. The molecule has 0 radical (unpaired) electrons. The molecule has 0 heterocycles. The fourth-order valence-electron chi connectivity index (χ4n) is 2.60. The molecule has 0 bridgehead atoms. The summed E-state index contributed by atoms with van der Waals surface area (Å²) >= 11 is 0. The molecule has 112 valence electrons. The Morgan fingerprint density at radius 3 is 2.50 bits per heavy atom. The SMILES string of the molecule is COC1CC(NC(=O)C(N)c2ccccc2)C1(C)C.Cl. The summed E-state index contributed by atoms with van der Waals surface area (Å²) in [6, 6.07) is 8.93. The Morgan fingerprint density at radius 2 is 2.00 bits per heavy atom. The van der Waals surface area contributed by atoms with Crippen molar-refractivity contribution in [2.75, 3.05) is 7.11 Å². The summed E-state index contributed by atoms with van der Waals surface area (Å²) in [5.74, 6) is -0.126. The van der Waals surface area contributed by atoms with Gasteiger partial charge in [0.25, 0.3) is 0 Å². The summed E-state index contributed by atoms with van der Waals surface area (Å²) in [6.45, 7) is 4.20. The maximum absolute atomic E-state index is 12.2. The summed E-state index contributed by atoms with van der Waals surface area (Å²) in [5, 5.41) is 3.03. The molecule has 0 aliphatic heterocycles. The second kappa shape index (κ2) is 6.57. The second-order valence-electron chi connectivity index (χ2n) is 5.73. The van der Waals surface area contributed by atoms with Gasteiger partial charge in [0.05, 0.1) is 6.10 Å². The van der Waals surface area contributed by atoms with Gasteiger partial charge < -0.3 is 15.8 Å². The summed E-state index contributed by atoms with van der Waals surface area (Å²) in [7, 11) is 1.71. The molecule has 1 amide bonds. The largest absolute Gasteiger partial charge is 0.381 e. The number of hydrogen-bond acceptors (Lipinski definition) is 3. The van der Waals surface area contributed by atoms with Gasteiger partial charge in [-0.05, 0) is 12.0 Å². The number of nitrogens with two attached hydrogens (primary N) is 1. The number of rotatable bonds is 4. The molecule has 1 aromatic rings. The summed E-state index contributed by atoms with van der Waals surface area (Å²) < 4.78 is 5.38. The number of ether oxygens (including phenoxy) is 1. The molecule has 2 rings (SSSR count). The molecule has 5 heteroatoms. The molecule has 1 aliphatic rings. The van der Waals surface area contributed by atoms with Crippen molar-refractivity contribution in [1.29, 1.82) is 0 Å². The molecule has 4 nitrogen and oxygen atoms in total. The van der Waals surface area contributed by atoms with E-state index in [9.17, 15) is 4.79 Å². The van der Waals surface area contributed by atoms with E-state index in [-0.39, 0.29) is 35.9 Å². The first-order chi connectivity index (χ1) is 8.96. The molecule has 3 atom stereocenters. The number of carbonyl (C=O) groups is 1. The lowest BCUT2D eigenvalue weighted by atomic mass is 9.64. The molecule has 3 unspecified atom stereocenters. The standard InChI is InChI=1S/C15H22N2O2.ClH/c1-15(2)11(9-12(15)19-3)17-14(18)13(16)10-7-5-4-6-8-10;/h4-8,11-13H,9,16H2,1-3H3,(H,17,18);1H. The first-order valence-electron chi connectivity index (χ1n) is 6.60. The van der Waals surface area contributed by atoms with Crippen LogP contribution >= 0.6 is 12.4 Å². The average molecular weight is 299 g/mol. The van der Waals surface area contributed by atoms with Crippen LogP contribution < -0.4 is 11.1 Å². The number of benzene rings is 1. The Morgan fingerprint density at radius 1 is 1.40 bits per heavy atom. The topological polar surface area (TPSA) is 64.3 Å². The molecule has 0 saturated heterocycles. The van der Waals surface area contributed by atoms with Gasteiger partial charge in [0.2, 0.25) is 5.91 Å². The normalized spacial score (nSPS) is 25.0. The molecule has 1 aromatic carbocycles. The van der Waals surface area contributed by atoms with Gasteiger partial charge in [0.15, 0.2) is 0 Å². The van der Waals surface area contributed by atoms with E-state index in [1.54, 1.807) is 7.11 Å². The van der Waals surface area contributed by atoms with Crippen molar-refractivity contribution >= 4 is 18.3 Å². The van der Waals surface area contributed by atoms with Crippen molar-refractivity contribution in [2.24, 2.45) is 11.1 Å². The van der Waals surface area contributed by atoms with E-state index in [2.05, 4.69) is 19.2 Å². The predicted molar refractivity (Wildman–Crippen MR) is 81.7 cm³/mol. The number of amides is 1. The third-order valence-electron chi connectivity index (χ3n) is 4.22. The molecule has 0 spiro atoms. The van der Waals surface area contributed by atoms with Crippen LogP contribution in [0.1, 0.15) is 31.9 Å². The Balaban J connectivity index is 0.00000200. The van der Waals surface area contributed by atoms with Crippen molar-refractivity contribution in [3.63, 3.8) is 0 Å². The highest BCUT2D eigenvalue weighted by molar-refractivity contribution is 5.85. The van der Waals surface area contributed by atoms with Gasteiger partial charge in [-0.3, -0.25) is 4.79 Å². The summed E-state index contributed by atoms with van der Waals surface area (Å²) in [6.07, 6.45) is 1.04. The van der Waals surface area contributed by atoms with E-state index in [1.165, 1.54) is 0 Å². The first kappa shape index (κ1) is 17.0. The highest BCUT2D eigenvalue weighted by Gasteiger charge is 2.49. The van der Waals surface area contributed by atoms with E-state index < -0.39 is 6.04 Å². The average Bonchev–Trinajstić information content (AvgIpc) is 2.42. The van der Waals surface area contributed by atoms with Gasteiger partial charge in [-0.2, -0.15) is 0 Å². The van der Waals surface area contributed by atoms with Gasteiger partial charge >= 0.3 is 0 Å². The zero-order valence-corrected chi connectivity index (χ0v) is 12.9. The minimum Gasteiger partial charge on any atom is -0.381 e. The van der Waals surface area contributed by atoms with Crippen LogP contribution in [0.15, 0.2) is 30.3 Å². The van der Waals surface area contributed by atoms with Crippen molar-refractivity contribution < 1.29 is 9.53 Å². The maximum atomic E-state index is 12.2. The number of nitrogens with one attached hydrogen (secondary N) is 1. The van der Waals surface area contributed by atoms with E-state index in [0.717, 1.165) is 12.0 Å². The third kappa shape index (κ3) is 3.14. The minimum atomic E-state index is -0.612. The van der Waals surface area contributed by atoms with Gasteiger partial charge in [-0.1, -0.05) is 44.2 Å². The van der Waals surface area contributed by atoms with Crippen LogP contribution in [0.25, 0.3) is 0 Å². The Kier molecular flexibility index (Phi) is 5.57. The van der Waals surface area contributed by atoms with Crippen LogP contribution in [0.5, 0.6) is 0 Å². The second-order valence-corrected chi connectivity index (χ2v) is 5.73. The summed E-state index contributed by atoms with van der Waals surface area (Å²) in [5.41, 5.74) is 6.77. The minimum absolute atomic E-state index is 0. The maximum Gasteiger partial charge on any atom is 0.241 e. The lowest BCUT2D eigenvalue weighted by molar-refractivity contribution is -0.133. The number of halogens is 1. The highest BCUT2D eigenvalue weighted by Crippen LogP contribution is 2.42. The third-order valence-corrected chi connectivity index (χ3v) is 4.22.